The van der Waals surface area contributed by atoms with Crippen molar-refractivity contribution in [2.75, 3.05) is 11.3 Å². The first-order chi connectivity index (χ1) is 15.7. The third-order valence-electron chi connectivity index (χ3n) is 4.67. The van der Waals surface area contributed by atoms with Gasteiger partial charge in [-0.2, -0.15) is 0 Å². The number of carbonyl (C=O) groups excluding carboxylic acids is 2. The molecule has 0 unspecified atom stereocenters. The maximum atomic E-state index is 12.7. The van der Waals surface area contributed by atoms with Gasteiger partial charge in [0.05, 0.1) is 21.1 Å². The number of rotatable bonds is 9. The molecule has 11 heteroatoms. The van der Waals surface area contributed by atoms with Crippen molar-refractivity contribution in [1.82, 2.24) is 5.32 Å². The molecule has 0 saturated heterocycles. The van der Waals surface area contributed by atoms with E-state index in [1.807, 2.05) is 0 Å². The van der Waals surface area contributed by atoms with Gasteiger partial charge in [0, 0.05) is 24.2 Å². The Labute approximate surface area is 189 Å². The average Bonchev–Trinajstić information content (AvgIpc) is 2.79. The molecule has 0 atom stereocenters. The number of hydrogen-bond acceptors (Lipinski definition) is 6. The van der Waals surface area contributed by atoms with Gasteiger partial charge in [0.2, 0.25) is 5.91 Å². The molecular formula is C22H20N4O6S. The van der Waals surface area contributed by atoms with Crippen molar-refractivity contribution in [2.24, 2.45) is 5.73 Å². The molecule has 0 aliphatic carbocycles. The molecule has 4 N–H and O–H groups in total. The van der Waals surface area contributed by atoms with Gasteiger partial charge >= 0.3 is 0 Å². The van der Waals surface area contributed by atoms with Gasteiger partial charge in [0.15, 0.2) is 0 Å². The lowest BCUT2D eigenvalue weighted by atomic mass is 10.1. The van der Waals surface area contributed by atoms with Crippen LogP contribution in [0, 0.1) is 10.1 Å². The van der Waals surface area contributed by atoms with Crippen molar-refractivity contribution < 1.29 is 22.9 Å². The van der Waals surface area contributed by atoms with Gasteiger partial charge in [-0.05, 0) is 42.3 Å². The van der Waals surface area contributed by atoms with E-state index in [-0.39, 0.29) is 28.4 Å². The summed E-state index contributed by atoms with van der Waals surface area (Å²) >= 11 is 0. The van der Waals surface area contributed by atoms with Crippen LogP contribution in [0.1, 0.15) is 26.3 Å². The summed E-state index contributed by atoms with van der Waals surface area (Å²) in [6.07, 6.45) is 0.425. The number of para-hydroxylation sites is 1. The Bertz CT molecular complexity index is 1320. The van der Waals surface area contributed by atoms with Crippen LogP contribution in [0.5, 0.6) is 0 Å². The highest BCUT2D eigenvalue weighted by Gasteiger charge is 2.20. The molecule has 0 heterocycles. The molecular weight excluding hydrogens is 448 g/mol. The Morgan fingerprint density at radius 3 is 2.42 bits per heavy atom. The Morgan fingerprint density at radius 2 is 1.70 bits per heavy atom. The Morgan fingerprint density at radius 1 is 0.970 bits per heavy atom. The van der Waals surface area contributed by atoms with E-state index in [0.29, 0.717) is 12.0 Å². The van der Waals surface area contributed by atoms with E-state index in [9.17, 15) is 28.1 Å². The first kappa shape index (κ1) is 23.4. The molecule has 0 radical (unpaired) electrons. The summed E-state index contributed by atoms with van der Waals surface area (Å²) in [4.78, 5) is 33.9. The average molecular weight is 468 g/mol. The van der Waals surface area contributed by atoms with Gasteiger partial charge in [0.25, 0.3) is 21.6 Å². The topological polar surface area (TPSA) is 162 Å². The van der Waals surface area contributed by atoms with Crippen molar-refractivity contribution in [3.05, 3.63) is 99.6 Å². The van der Waals surface area contributed by atoms with Gasteiger partial charge in [0.1, 0.15) is 0 Å². The van der Waals surface area contributed by atoms with Crippen LogP contribution in [0.2, 0.25) is 0 Å². The third-order valence-corrected chi connectivity index (χ3v) is 6.03. The Balaban J connectivity index is 1.72. The lowest BCUT2D eigenvalue weighted by Crippen LogP contribution is -2.27. The van der Waals surface area contributed by atoms with Crippen LogP contribution in [0.15, 0.2) is 77.7 Å². The Kier molecular flexibility index (Phi) is 7.04. The van der Waals surface area contributed by atoms with E-state index in [2.05, 4.69) is 10.0 Å². The van der Waals surface area contributed by atoms with Crippen molar-refractivity contribution in [3.63, 3.8) is 0 Å². The molecule has 0 fully saturated rings. The molecule has 33 heavy (non-hydrogen) atoms. The smallest absolute Gasteiger partial charge is 0.270 e. The third kappa shape index (κ3) is 5.92. The number of hydrogen-bond donors (Lipinski definition) is 3. The fraction of sp³-hybridized carbons (Fsp3) is 0.0909. The highest BCUT2D eigenvalue weighted by Crippen LogP contribution is 2.23. The molecule has 0 bridgehead atoms. The summed E-state index contributed by atoms with van der Waals surface area (Å²) in [5.41, 5.74) is 6.16. The number of nitrogens with one attached hydrogen (secondary N) is 2. The number of nitrogens with zero attached hydrogens (tertiary/aromatic N) is 1. The minimum absolute atomic E-state index is 0.0252. The second-order valence-electron chi connectivity index (χ2n) is 6.98. The second kappa shape index (κ2) is 9.92. The predicted molar refractivity (Wildman–Crippen MR) is 121 cm³/mol. The Hall–Kier alpha value is -4.25. The van der Waals surface area contributed by atoms with Crippen molar-refractivity contribution in [1.29, 1.82) is 0 Å². The van der Waals surface area contributed by atoms with E-state index in [4.69, 9.17) is 5.73 Å². The van der Waals surface area contributed by atoms with Crippen LogP contribution in [0.25, 0.3) is 0 Å². The first-order valence-corrected chi connectivity index (χ1v) is 11.2. The number of carbonyl (C=O) groups is 2. The van der Waals surface area contributed by atoms with Gasteiger partial charge in [-0.1, -0.05) is 30.3 Å². The number of nitro benzene ring substituents is 1. The van der Waals surface area contributed by atoms with Gasteiger partial charge < -0.3 is 11.1 Å². The van der Waals surface area contributed by atoms with Gasteiger partial charge in [-0.3, -0.25) is 24.4 Å². The summed E-state index contributed by atoms with van der Waals surface area (Å²) in [5.74, 6) is -1.07. The summed E-state index contributed by atoms with van der Waals surface area (Å²) in [6.45, 7) is 0.229. The zero-order valence-electron chi connectivity index (χ0n) is 17.2. The summed E-state index contributed by atoms with van der Waals surface area (Å²) in [6, 6.07) is 17.3. The van der Waals surface area contributed by atoms with Gasteiger partial charge in [-0.15, -0.1) is 0 Å². The molecule has 3 aromatic carbocycles. The van der Waals surface area contributed by atoms with Crippen LogP contribution in [0.4, 0.5) is 11.4 Å². The lowest BCUT2D eigenvalue weighted by molar-refractivity contribution is -0.385. The van der Waals surface area contributed by atoms with Gasteiger partial charge in [-0.25, -0.2) is 8.42 Å². The van der Waals surface area contributed by atoms with E-state index in [1.54, 1.807) is 36.4 Å². The lowest BCUT2D eigenvalue weighted by Gasteiger charge is -2.13. The van der Waals surface area contributed by atoms with Crippen LogP contribution in [0.3, 0.4) is 0 Å². The number of nitrogens with two attached hydrogens (primary N) is 1. The molecule has 0 aromatic heterocycles. The number of primary amides is 1. The molecule has 2 amide bonds. The standard InChI is InChI=1S/C22H20N4O6S/c23-21(27)16-6-3-5-15(13-16)11-12-24-22(28)19-9-1-2-10-20(19)25-33(31,32)18-8-4-7-17(14-18)26(29)30/h1-10,13-14,25H,11-12H2,(H2,23,27)(H,24,28). The highest BCUT2D eigenvalue weighted by molar-refractivity contribution is 7.92. The fourth-order valence-corrected chi connectivity index (χ4v) is 4.15. The SMILES string of the molecule is NC(=O)c1cccc(CCNC(=O)c2ccccc2NS(=O)(=O)c2cccc([N+](=O)[O-])c2)c1. The zero-order chi connectivity index (χ0) is 24.0. The van der Waals surface area contributed by atoms with E-state index < -0.39 is 26.8 Å². The molecule has 170 valence electrons. The first-order valence-electron chi connectivity index (χ1n) is 9.70. The number of anilines is 1. The number of benzene rings is 3. The van der Waals surface area contributed by atoms with E-state index in [1.165, 1.54) is 30.3 Å². The van der Waals surface area contributed by atoms with E-state index >= 15 is 0 Å². The number of non-ortho nitro benzene ring substituents is 1. The molecule has 3 rings (SSSR count). The maximum absolute atomic E-state index is 12.7. The fourth-order valence-electron chi connectivity index (χ4n) is 3.03. The number of amides is 2. The normalized spacial score (nSPS) is 10.9. The summed E-state index contributed by atoms with van der Waals surface area (Å²) in [5, 5.41) is 13.7. The van der Waals surface area contributed by atoms with Crippen LogP contribution >= 0.6 is 0 Å². The molecule has 0 aliphatic rings. The molecule has 0 spiro atoms. The molecule has 3 aromatic rings. The second-order valence-corrected chi connectivity index (χ2v) is 8.66. The van der Waals surface area contributed by atoms with Crippen molar-refractivity contribution in [2.45, 2.75) is 11.3 Å². The van der Waals surface area contributed by atoms with Crippen molar-refractivity contribution in [3.8, 4) is 0 Å². The summed E-state index contributed by atoms with van der Waals surface area (Å²) in [7, 11) is -4.18. The number of nitro groups is 1. The molecule has 10 nitrogen and oxygen atoms in total. The van der Waals surface area contributed by atoms with Crippen LogP contribution in [-0.4, -0.2) is 31.7 Å². The highest BCUT2D eigenvalue weighted by atomic mass is 32.2. The monoisotopic (exact) mass is 468 g/mol. The van der Waals surface area contributed by atoms with Crippen LogP contribution < -0.4 is 15.8 Å². The molecule has 0 saturated carbocycles. The maximum Gasteiger partial charge on any atom is 0.270 e. The number of sulfonamides is 1. The minimum Gasteiger partial charge on any atom is -0.366 e. The predicted octanol–water partition coefficient (Wildman–Crippen LogP) is 2.47. The minimum atomic E-state index is -4.18. The zero-order valence-corrected chi connectivity index (χ0v) is 18.0. The van der Waals surface area contributed by atoms with E-state index in [0.717, 1.165) is 11.6 Å². The largest absolute Gasteiger partial charge is 0.366 e. The summed E-state index contributed by atoms with van der Waals surface area (Å²) < 4.78 is 27.8. The van der Waals surface area contributed by atoms with Crippen LogP contribution in [-0.2, 0) is 16.4 Å². The molecule has 0 aliphatic heterocycles. The van der Waals surface area contributed by atoms with Crippen molar-refractivity contribution >= 4 is 33.2 Å². The quantitative estimate of drug-likeness (QED) is 0.323.